The molecule has 1 amide bonds. The van der Waals surface area contributed by atoms with E-state index in [1.807, 2.05) is 6.07 Å². The summed E-state index contributed by atoms with van der Waals surface area (Å²) >= 11 is 0. The minimum atomic E-state index is -0.375. The van der Waals surface area contributed by atoms with E-state index < -0.39 is 0 Å². The molecule has 0 bridgehead atoms. The van der Waals surface area contributed by atoms with Crippen LogP contribution in [-0.4, -0.2) is 36.1 Å². The molecule has 0 atom stereocenters. The molecule has 0 N–H and O–H groups in total. The predicted molar refractivity (Wildman–Crippen MR) is 96.2 cm³/mol. The summed E-state index contributed by atoms with van der Waals surface area (Å²) in [5, 5.41) is 0. The number of hydrogen-bond donors (Lipinski definition) is 0. The van der Waals surface area contributed by atoms with Crippen LogP contribution in [0.2, 0.25) is 0 Å². The molecule has 2 heterocycles. The van der Waals surface area contributed by atoms with Crippen LogP contribution in [0.5, 0.6) is 0 Å². The molecular weight excluding hydrogens is 351 g/mol. The molecule has 0 fully saturated rings. The van der Waals surface area contributed by atoms with Gasteiger partial charge in [-0.2, -0.15) is 0 Å². The Morgan fingerprint density at radius 2 is 2.11 bits per heavy atom. The number of oxazole rings is 1. The van der Waals surface area contributed by atoms with Crippen LogP contribution in [0.25, 0.3) is 11.3 Å². The first-order valence-electron chi connectivity index (χ1n) is 8.66. The lowest BCUT2D eigenvalue weighted by Crippen LogP contribution is -2.33. The summed E-state index contributed by atoms with van der Waals surface area (Å²) in [6, 6.07) is 9.94. The highest BCUT2D eigenvalue weighted by atomic mass is 19.1. The second kappa shape index (κ2) is 9.14. The van der Waals surface area contributed by atoms with Crippen molar-refractivity contribution in [2.45, 2.75) is 19.4 Å². The van der Waals surface area contributed by atoms with Crippen LogP contribution in [-0.2, 0) is 22.5 Å². The maximum Gasteiger partial charge on any atom is 0.223 e. The number of rotatable bonds is 9. The zero-order valence-electron chi connectivity index (χ0n) is 15.1. The summed E-state index contributed by atoms with van der Waals surface area (Å²) in [7, 11) is 1.59. The Bertz CT molecular complexity index is 861. The van der Waals surface area contributed by atoms with E-state index in [0.717, 1.165) is 0 Å². The largest absolute Gasteiger partial charge is 0.467 e. The number of hydrogen-bond acceptors (Lipinski definition) is 5. The van der Waals surface area contributed by atoms with Gasteiger partial charge in [-0.15, -0.1) is 0 Å². The second-order valence-corrected chi connectivity index (χ2v) is 5.99. The number of aromatic nitrogens is 1. The molecule has 0 saturated carbocycles. The number of carbonyl (C=O) groups excluding carboxylic acids is 1. The maximum atomic E-state index is 13.8. The van der Waals surface area contributed by atoms with E-state index in [1.165, 1.54) is 12.3 Å². The number of methoxy groups -OCH3 is 1. The van der Waals surface area contributed by atoms with Crippen molar-refractivity contribution < 1.29 is 22.8 Å². The Labute approximate surface area is 156 Å². The third-order valence-electron chi connectivity index (χ3n) is 4.09. The summed E-state index contributed by atoms with van der Waals surface area (Å²) in [4.78, 5) is 18.4. The van der Waals surface area contributed by atoms with Gasteiger partial charge < -0.3 is 18.5 Å². The smallest absolute Gasteiger partial charge is 0.223 e. The van der Waals surface area contributed by atoms with Crippen LogP contribution in [0.3, 0.4) is 0 Å². The van der Waals surface area contributed by atoms with Gasteiger partial charge in [0, 0.05) is 26.5 Å². The highest BCUT2D eigenvalue weighted by Gasteiger charge is 2.17. The van der Waals surface area contributed by atoms with Crippen LogP contribution in [0, 0.1) is 5.82 Å². The fourth-order valence-electron chi connectivity index (χ4n) is 2.67. The molecule has 27 heavy (non-hydrogen) atoms. The monoisotopic (exact) mass is 372 g/mol. The van der Waals surface area contributed by atoms with E-state index in [2.05, 4.69) is 4.98 Å². The standard InChI is InChI=1S/C20H21FN2O4/c1-25-12-10-23(14-15-5-4-11-26-15)20(24)9-8-19-22-13-18(27-19)16-6-2-3-7-17(16)21/h2-7,11,13H,8-10,12,14H2,1H3. The number of benzene rings is 1. The number of carbonyl (C=O) groups is 1. The Morgan fingerprint density at radius 1 is 1.26 bits per heavy atom. The molecule has 142 valence electrons. The molecule has 2 aromatic heterocycles. The lowest BCUT2D eigenvalue weighted by Gasteiger charge is -2.21. The minimum absolute atomic E-state index is 0.0610. The highest BCUT2D eigenvalue weighted by molar-refractivity contribution is 5.76. The van der Waals surface area contributed by atoms with E-state index in [9.17, 15) is 9.18 Å². The molecule has 3 rings (SSSR count). The van der Waals surface area contributed by atoms with Crippen LogP contribution in [0.1, 0.15) is 18.1 Å². The van der Waals surface area contributed by atoms with Crippen molar-refractivity contribution in [1.29, 1.82) is 0 Å². The van der Waals surface area contributed by atoms with Crippen LogP contribution < -0.4 is 0 Å². The third kappa shape index (κ3) is 5.04. The Hall–Kier alpha value is -2.93. The number of aryl methyl sites for hydroxylation is 1. The van der Waals surface area contributed by atoms with Gasteiger partial charge in [-0.05, 0) is 24.3 Å². The maximum absolute atomic E-state index is 13.8. The minimum Gasteiger partial charge on any atom is -0.467 e. The fraction of sp³-hybridized carbons (Fsp3) is 0.300. The van der Waals surface area contributed by atoms with Gasteiger partial charge in [0.15, 0.2) is 11.7 Å². The predicted octanol–water partition coefficient (Wildman–Crippen LogP) is 3.68. The van der Waals surface area contributed by atoms with Crippen molar-refractivity contribution in [3.05, 3.63) is 66.3 Å². The molecule has 3 aromatic rings. The normalized spacial score (nSPS) is 10.9. The molecule has 6 nitrogen and oxygen atoms in total. The molecule has 1 aromatic carbocycles. The quantitative estimate of drug-likeness (QED) is 0.573. The van der Waals surface area contributed by atoms with Gasteiger partial charge >= 0.3 is 0 Å². The topological polar surface area (TPSA) is 68.7 Å². The zero-order valence-corrected chi connectivity index (χ0v) is 15.1. The third-order valence-corrected chi connectivity index (χ3v) is 4.09. The first kappa shape index (κ1) is 18.8. The summed E-state index contributed by atoms with van der Waals surface area (Å²) in [5.74, 6) is 1.01. The van der Waals surface area contributed by atoms with Crippen molar-refractivity contribution in [2.24, 2.45) is 0 Å². The molecular formula is C20H21FN2O4. The van der Waals surface area contributed by atoms with Gasteiger partial charge in [0.1, 0.15) is 11.6 Å². The summed E-state index contributed by atoms with van der Waals surface area (Å²) in [6.45, 7) is 1.27. The van der Waals surface area contributed by atoms with Gasteiger partial charge in [0.25, 0.3) is 0 Å². The SMILES string of the molecule is COCCN(Cc1ccco1)C(=O)CCc1ncc(-c2ccccc2F)o1. The van der Waals surface area contributed by atoms with Gasteiger partial charge in [-0.3, -0.25) is 4.79 Å². The summed E-state index contributed by atoms with van der Waals surface area (Å²) in [6.07, 6.45) is 3.60. The number of halogens is 1. The Balaban J connectivity index is 1.60. The lowest BCUT2D eigenvalue weighted by molar-refractivity contribution is -0.132. The molecule has 0 aliphatic rings. The van der Waals surface area contributed by atoms with Crippen molar-refractivity contribution in [3.63, 3.8) is 0 Å². The van der Waals surface area contributed by atoms with E-state index in [0.29, 0.717) is 49.1 Å². The van der Waals surface area contributed by atoms with Crippen LogP contribution >= 0.6 is 0 Å². The first-order valence-corrected chi connectivity index (χ1v) is 8.66. The highest BCUT2D eigenvalue weighted by Crippen LogP contribution is 2.23. The van der Waals surface area contributed by atoms with Gasteiger partial charge in [-0.1, -0.05) is 12.1 Å². The van der Waals surface area contributed by atoms with E-state index in [-0.39, 0.29) is 18.1 Å². The van der Waals surface area contributed by atoms with Crippen LogP contribution in [0.4, 0.5) is 4.39 Å². The Kier molecular flexibility index (Phi) is 6.38. The van der Waals surface area contributed by atoms with E-state index in [1.54, 1.807) is 42.5 Å². The number of amides is 1. The first-order chi connectivity index (χ1) is 13.2. The van der Waals surface area contributed by atoms with E-state index >= 15 is 0 Å². The number of ether oxygens (including phenoxy) is 1. The van der Waals surface area contributed by atoms with Gasteiger partial charge in [0.2, 0.25) is 5.91 Å². The summed E-state index contributed by atoms with van der Waals surface area (Å²) in [5.41, 5.74) is 0.349. The lowest BCUT2D eigenvalue weighted by atomic mass is 10.2. The fourth-order valence-corrected chi connectivity index (χ4v) is 2.67. The summed E-state index contributed by atoms with van der Waals surface area (Å²) < 4.78 is 29.8. The van der Waals surface area contributed by atoms with Crippen molar-refractivity contribution >= 4 is 5.91 Å². The van der Waals surface area contributed by atoms with Gasteiger partial charge in [-0.25, -0.2) is 9.37 Å². The van der Waals surface area contributed by atoms with Crippen LogP contribution in [0.15, 0.2) is 57.7 Å². The van der Waals surface area contributed by atoms with Crippen molar-refractivity contribution in [1.82, 2.24) is 9.88 Å². The average Bonchev–Trinajstić information content (AvgIpc) is 3.35. The molecule has 0 saturated heterocycles. The Morgan fingerprint density at radius 3 is 2.85 bits per heavy atom. The molecule has 7 heteroatoms. The molecule has 0 radical (unpaired) electrons. The molecule has 0 aliphatic carbocycles. The van der Waals surface area contributed by atoms with E-state index in [4.69, 9.17) is 13.6 Å². The molecule has 0 unspecified atom stereocenters. The van der Waals surface area contributed by atoms with Crippen molar-refractivity contribution in [2.75, 3.05) is 20.3 Å². The van der Waals surface area contributed by atoms with Gasteiger partial charge in [0.05, 0.1) is 31.2 Å². The molecule has 0 aliphatic heterocycles. The number of furan rings is 1. The average molecular weight is 372 g/mol. The zero-order chi connectivity index (χ0) is 19.1. The molecule has 0 spiro atoms. The second-order valence-electron chi connectivity index (χ2n) is 5.99. The van der Waals surface area contributed by atoms with Crippen molar-refractivity contribution in [3.8, 4) is 11.3 Å². The number of nitrogens with zero attached hydrogens (tertiary/aromatic N) is 2.